The molecule has 0 aliphatic carbocycles. The first kappa shape index (κ1) is 23.3. The summed E-state index contributed by atoms with van der Waals surface area (Å²) in [5.41, 5.74) is 6.58. The number of nitrogens with two attached hydrogens (primary N) is 1. The summed E-state index contributed by atoms with van der Waals surface area (Å²) in [4.78, 5) is 20.7. The lowest BCUT2D eigenvalue weighted by atomic mass is 10.2. The van der Waals surface area contributed by atoms with Crippen LogP contribution in [0.15, 0.2) is 34.9 Å². The molecule has 0 bridgehead atoms. The maximum absolute atomic E-state index is 12.1. The Morgan fingerprint density at radius 2 is 1.78 bits per heavy atom. The van der Waals surface area contributed by atoms with Crippen LogP contribution < -0.4 is 11.1 Å². The number of nitrogens with zero attached hydrogens (tertiary/aromatic N) is 4. The lowest BCUT2D eigenvalue weighted by molar-refractivity contribution is -0.122. The van der Waals surface area contributed by atoms with Gasteiger partial charge in [0.1, 0.15) is 0 Å². The number of hydrogen-bond donors (Lipinski definition) is 2. The summed E-state index contributed by atoms with van der Waals surface area (Å²) in [6, 6.07) is 9.93. The predicted octanol–water partition coefficient (Wildman–Crippen LogP) is 0.806. The number of carbonyl (C=O) groups excluding carboxylic acids is 1. The van der Waals surface area contributed by atoms with E-state index in [2.05, 4.69) is 25.3 Å². The molecule has 1 aliphatic heterocycles. The molecule has 2 aromatic rings. The fourth-order valence-electron chi connectivity index (χ4n) is 2.80. The predicted molar refractivity (Wildman–Crippen MR) is 107 cm³/mol. The van der Waals surface area contributed by atoms with E-state index in [1.807, 2.05) is 30.3 Å². The smallest absolute Gasteiger partial charge is 0.240 e. The first-order valence-corrected chi connectivity index (χ1v) is 8.50. The van der Waals surface area contributed by atoms with Crippen LogP contribution in [0.3, 0.4) is 0 Å². The van der Waals surface area contributed by atoms with Gasteiger partial charge in [-0.25, -0.2) is 0 Å². The summed E-state index contributed by atoms with van der Waals surface area (Å²) in [5.74, 6) is 1.18. The zero-order valence-corrected chi connectivity index (χ0v) is 16.7. The summed E-state index contributed by atoms with van der Waals surface area (Å²) in [6.07, 6.45) is 0. The molecule has 0 spiro atoms. The molecule has 0 unspecified atom stereocenters. The molecule has 0 atom stereocenters. The standard InChI is InChI=1S/C17H24N6O2.2ClH/c18-10-17-20-15(21-25-17)12-22-6-8-23(9-7-22)13-16(24)19-11-14-4-2-1-3-5-14;;/h1-5H,6-13,18H2,(H,19,24);2*1H. The van der Waals surface area contributed by atoms with Gasteiger partial charge in [0.05, 0.1) is 19.6 Å². The van der Waals surface area contributed by atoms with Crippen molar-refractivity contribution >= 4 is 30.7 Å². The molecule has 150 valence electrons. The molecule has 0 radical (unpaired) electrons. The van der Waals surface area contributed by atoms with Gasteiger partial charge in [0.25, 0.3) is 0 Å². The van der Waals surface area contributed by atoms with Crippen LogP contribution in [-0.4, -0.2) is 58.6 Å². The second-order valence-corrected chi connectivity index (χ2v) is 6.12. The SMILES string of the molecule is Cl.Cl.NCc1nc(CN2CCN(CC(=O)NCc3ccccc3)CC2)no1. The van der Waals surface area contributed by atoms with Crippen LogP contribution in [0.25, 0.3) is 0 Å². The first-order valence-electron chi connectivity index (χ1n) is 8.50. The molecule has 1 aromatic heterocycles. The van der Waals surface area contributed by atoms with Gasteiger partial charge in [0.2, 0.25) is 11.8 Å². The number of hydrogen-bond acceptors (Lipinski definition) is 7. The van der Waals surface area contributed by atoms with E-state index in [0.717, 1.165) is 31.7 Å². The Morgan fingerprint density at radius 3 is 2.41 bits per heavy atom. The van der Waals surface area contributed by atoms with E-state index in [1.54, 1.807) is 0 Å². The summed E-state index contributed by atoms with van der Waals surface area (Å²) in [5, 5.41) is 6.88. The highest BCUT2D eigenvalue weighted by Gasteiger charge is 2.20. The molecule has 1 amide bonds. The van der Waals surface area contributed by atoms with Crippen LogP contribution in [0.4, 0.5) is 0 Å². The number of aromatic nitrogens is 2. The number of rotatable bonds is 7. The van der Waals surface area contributed by atoms with Crippen LogP contribution in [-0.2, 0) is 24.4 Å². The molecule has 1 fully saturated rings. The molecule has 1 saturated heterocycles. The quantitative estimate of drug-likeness (QED) is 0.688. The molecule has 1 aliphatic rings. The van der Waals surface area contributed by atoms with Crippen molar-refractivity contribution in [1.82, 2.24) is 25.3 Å². The molecule has 8 nitrogen and oxygen atoms in total. The van der Waals surface area contributed by atoms with Crippen molar-refractivity contribution in [3.05, 3.63) is 47.6 Å². The van der Waals surface area contributed by atoms with Gasteiger partial charge in [-0.2, -0.15) is 4.98 Å². The fraction of sp³-hybridized carbons (Fsp3) is 0.471. The molecule has 27 heavy (non-hydrogen) atoms. The van der Waals surface area contributed by atoms with Crippen molar-refractivity contribution in [2.45, 2.75) is 19.6 Å². The minimum absolute atomic E-state index is 0. The molecule has 2 heterocycles. The summed E-state index contributed by atoms with van der Waals surface area (Å²) >= 11 is 0. The van der Waals surface area contributed by atoms with Gasteiger partial charge in [-0.15, -0.1) is 24.8 Å². The van der Waals surface area contributed by atoms with Crippen molar-refractivity contribution in [3.63, 3.8) is 0 Å². The third kappa shape index (κ3) is 7.43. The molecular formula is C17H26Cl2N6O2. The van der Waals surface area contributed by atoms with Crippen LogP contribution in [0.5, 0.6) is 0 Å². The first-order chi connectivity index (χ1) is 12.2. The van der Waals surface area contributed by atoms with Crippen LogP contribution in [0.1, 0.15) is 17.3 Å². The van der Waals surface area contributed by atoms with Crippen molar-refractivity contribution in [1.29, 1.82) is 0 Å². The maximum atomic E-state index is 12.1. The topological polar surface area (TPSA) is 101 Å². The van der Waals surface area contributed by atoms with E-state index in [-0.39, 0.29) is 37.3 Å². The van der Waals surface area contributed by atoms with Gasteiger partial charge >= 0.3 is 0 Å². The van der Waals surface area contributed by atoms with Gasteiger partial charge in [0.15, 0.2) is 5.82 Å². The Balaban J connectivity index is 0.00000182. The lowest BCUT2D eigenvalue weighted by Crippen LogP contribution is -2.49. The third-order valence-electron chi connectivity index (χ3n) is 4.21. The highest BCUT2D eigenvalue weighted by Crippen LogP contribution is 2.06. The van der Waals surface area contributed by atoms with E-state index in [1.165, 1.54) is 0 Å². The monoisotopic (exact) mass is 416 g/mol. The second kappa shape index (κ2) is 11.9. The van der Waals surface area contributed by atoms with E-state index < -0.39 is 0 Å². The Hall–Kier alpha value is -1.71. The van der Waals surface area contributed by atoms with Gasteiger partial charge in [-0.05, 0) is 5.56 Å². The van der Waals surface area contributed by atoms with E-state index in [9.17, 15) is 4.79 Å². The lowest BCUT2D eigenvalue weighted by Gasteiger charge is -2.33. The van der Waals surface area contributed by atoms with Crippen molar-refractivity contribution < 1.29 is 9.32 Å². The minimum atomic E-state index is 0. The van der Waals surface area contributed by atoms with Crippen LogP contribution in [0.2, 0.25) is 0 Å². The van der Waals surface area contributed by atoms with Gasteiger partial charge in [-0.1, -0.05) is 35.5 Å². The van der Waals surface area contributed by atoms with Crippen molar-refractivity contribution in [2.24, 2.45) is 5.73 Å². The Morgan fingerprint density at radius 1 is 1.11 bits per heavy atom. The van der Waals surface area contributed by atoms with Gasteiger partial charge in [-0.3, -0.25) is 14.6 Å². The Kier molecular flexibility index (Phi) is 10.3. The van der Waals surface area contributed by atoms with E-state index in [0.29, 0.717) is 31.3 Å². The zero-order valence-electron chi connectivity index (χ0n) is 15.0. The number of benzene rings is 1. The highest BCUT2D eigenvalue weighted by atomic mass is 35.5. The number of carbonyl (C=O) groups is 1. The zero-order chi connectivity index (χ0) is 17.5. The number of halogens is 2. The fourth-order valence-corrected chi connectivity index (χ4v) is 2.80. The minimum Gasteiger partial charge on any atom is -0.351 e. The molecule has 1 aromatic carbocycles. The van der Waals surface area contributed by atoms with E-state index >= 15 is 0 Å². The van der Waals surface area contributed by atoms with Crippen LogP contribution in [0, 0.1) is 0 Å². The molecular weight excluding hydrogens is 391 g/mol. The summed E-state index contributed by atoms with van der Waals surface area (Å²) in [6.45, 7) is 5.36. The summed E-state index contributed by atoms with van der Waals surface area (Å²) in [7, 11) is 0. The highest BCUT2D eigenvalue weighted by molar-refractivity contribution is 5.85. The number of piperazine rings is 1. The molecule has 3 N–H and O–H groups in total. The second-order valence-electron chi connectivity index (χ2n) is 6.12. The summed E-state index contributed by atoms with van der Waals surface area (Å²) < 4.78 is 5.02. The third-order valence-corrected chi connectivity index (χ3v) is 4.21. The largest absolute Gasteiger partial charge is 0.351 e. The number of nitrogens with one attached hydrogen (secondary N) is 1. The van der Waals surface area contributed by atoms with E-state index in [4.69, 9.17) is 10.3 Å². The van der Waals surface area contributed by atoms with Gasteiger partial charge in [0, 0.05) is 32.7 Å². The van der Waals surface area contributed by atoms with Crippen molar-refractivity contribution in [3.8, 4) is 0 Å². The average Bonchev–Trinajstić information content (AvgIpc) is 3.10. The van der Waals surface area contributed by atoms with Crippen molar-refractivity contribution in [2.75, 3.05) is 32.7 Å². The average molecular weight is 417 g/mol. The van der Waals surface area contributed by atoms with Crippen LogP contribution >= 0.6 is 24.8 Å². The molecule has 10 heteroatoms. The molecule has 0 saturated carbocycles. The Labute approximate surface area is 171 Å². The van der Waals surface area contributed by atoms with Gasteiger partial charge < -0.3 is 15.6 Å². The molecule has 3 rings (SSSR count). The number of amides is 1. The maximum Gasteiger partial charge on any atom is 0.240 e. The Bertz CT molecular complexity index is 677. The normalized spacial score (nSPS) is 14.9.